The molecule has 0 amide bonds. The van der Waals surface area contributed by atoms with Gasteiger partial charge in [-0.2, -0.15) is 0 Å². The van der Waals surface area contributed by atoms with Crippen LogP contribution in [0.3, 0.4) is 0 Å². The van der Waals surface area contributed by atoms with Gasteiger partial charge in [-0.1, -0.05) is 24.3 Å². The van der Waals surface area contributed by atoms with E-state index in [0.717, 1.165) is 28.6 Å². The van der Waals surface area contributed by atoms with Crippen LogP contribution in [-0.2, 0) is 0 Å². The van der Waals surface area contributed by atoms with Gasteiger partial charge in [-0.05, 0) is 44.2 Å². The zero-order valence-corrected chi connectivity index (χ0v) is 15.0. The van der Waals surface area contributed by atoms with Crippen LogP contribution in [0.15, 0.2) is 75.1 Å². The van der Waals surface area contributed by atoms with Crippen molar-refractivity contribution < 1.29 is 0 Å². The van der Waals surface area contributed by atoms with Crippen LogP contribution in [0.2, 0.25) is 0 Å². The second kappa shape index (κ2) is 7.75. The van der Waals surface area contributed by atoms with Crippen molar-refractivity contribution in [3.05, 3.63) is 60.3 Å². The Bertz CT molecular complexity index is 751. The fourth-order valence-corrected chi connectivity index (χ4v) is 4.45. The van der Waals surface area contributed by atoms with Crippen molar-refractivity contribution in [3.8, 4) is 0 Å². The molecule has 2 nitrogen and oxygen atoms in total. The summed E-state index contributed by atoms with van der Waals surface area (Å²) in [6.45, 7) is 4.13. The van der Waals surface area contributed by atoms with E-state index in [1.165, 1.54) is 15.5 Å². The molecular formula is C19H20N2S2. The molecule has 0 saturated heterocycles. The van der Waals surface area contributed by atoms with Gasteiger partial charge in [0.25, 0.3) is 0 Å². The summed E-state index contributed by atoms with van der Waals surface area (Å²) in [6.07, 6.45) is 2.10. The van der Waals surface area contributed by atoms with E-state index < -0.39 is 0 Å². The van der Waals surface area contributed by atoms with Crippen LogP contribution < -0.4 is 5.32 Å². The standard InChI is InChI=1S/C19H20N2S2/c1-14-13-15(2)21-17-8-4-6-10-19(17)23-12-11-22-18-9-5-3-7-16(18)20-14/h3-10,13,20H,11-12H2,1-2H3/b14-13-,21-15?. The molecule has 2 aromatic carbocycles. The lowest BCUT2D eigenvalue weighted by Gasteiger charge is -2.11. The molecule has 1 heterocycles. The summed E-state index contributed by atoms with van der Waals surface area (Å²) in [5.74, 6) is 2.14. The SMILES string of the molecule is CC1=Nc2ccccc2SCCSc2ccccc2N/C(C)=C\1. The molecule has 1 aliphatic rings. The van der Waals surface area contributed by atoms with Gasteiger partial charge in [-0.15, -0.1) is 23.5 Å². The second-order valence-electron chi connectivity index (χ2n) is 5.37. The number of nitrogens with zero attached hydrogens (tertiary/aromatic N) is 1. The number of anilines is 1. The highest BCUT2D eigenvalue weighted by molar-refractivity contribution is 8.03. The quantitative estimate of drug-likeness (QED) is 0.637. The number of hydrogen-bond donors (Lipinski definition) is 1. The number of allylic oxidation sites excluding steroid dienone is 2. The first-order valence-electron chi connectivity index (χ1n) is 7.66. The van der Waals surface area contributed by atoms with Gasteiger partial charge in [0.05, 0.1) is 11.4 Å². The monoisotopic (exact) mass is 340 g/mol. The van der Waals surface area contributed by atoms with E-state index in [1.807, 2.05) is 36.5 Å². The van der Waals surface area contributed by atoms with E-state index in [9.17, 15) is 0 Å². The average molecular weight is 341 g/mol. The van der Waals surface area contributed by atoms with Crippen molar-refractivity contribution in [3.63, 3.8) is 0 Å². The summed E-state index contributed by atoms with van der Waals surface area (Å²) in [4.78, 5) is 7.33. The molecule has 0 bridgehead atoms. The second-order valence-corrected chi connectivity index (χ2v) is 7.64. The molecule has 1 N–H and O–H groups in total. The van der Waals surface area contributed by atoms with E-state index in [4.69, 9.17) is 4.99 Å². The van der Waals surface area contributed by atoms with Crippen molar-refractivity contribution in [2.75, 3.05) is 16.8 Å². The van der Waals surface area contributed by atoms with E-state index in [2.05, 4.69) is 60.8 Å². The number of hydrogen-bond acceptors (Lipinski definition) is 4. The Hall–Kier alpha value is -1.65. The molecule has 0 aliphatic carbocycles. The molecule has 4 heteroatoms. The molecule has 0 saturated carbocycles. The lowest BCUT2D eigenvalue weighted by Crippen LogP contribution is -1.99. The van der Waals surface area contributed by atoms with E-state index in [-0.39, 0.29) is 0 Å². The van der Waals surface area contributed by atoms with Gasteiger partial charge in [-0.25, -0.2) is 0 Å². The van der Waals surface area contributed by atoms with Crippen molar-refractivity contribution in [1.29, 1.82) is 0 Å². The lowest BCUT2D eigenvalue weighted by atomic mass is 10.2. The van der Waals surface area contributed by atoms with Crippen LogP contribution >= 0.6 is 23.5 Å². The van der Waals surface area contributed by atoms with Crippen molar-refractivity contribution in [1.82, 2.24) is 0 Å². The minimum atomic E-state index is 1.01. The number of thioether (sulfide) groups is 2. The molecular weight excluding hydrogens is 320 g/mol. The van der Waals surface area contributed by atoms with Crippen LogP contribution in [-0.4, -0.2) is 17.2 Å². The highest BCUT2D eigenvalue weighted by Gasteiger charge is 2.06. The highest BCUT2D eigenvalue weighted by atomic mass is 32.2. The van der Waals surface area contributed by atoms with Gasteiger partial charge in [0.15, 0.2) is 0 Å². The van der Waals surface area contributed by atoms with Crippen LogP contribution in [0, 0.1) is 0 Å². The summed E-state index contributed by atoms with van der Waals surface area (Å²) in [5, 5.41) is 3.51. The van der Waals surface area contributed by atoms with Gasteiger partial charge >= 0.3 is 0 Å². The number of para-hydroxylation sites is 2. The molecule has 118 valence electrons. The number of fused-ring (bicyclic) bond motifs is 2. The Balaban J connectivity index is 1.96. The lowest BCUT2D eigenvalue weighted by molar-refractivity contribution is 1.32. The summed E-state index contributed by atoms with van der Waals surface area (Å²) >= 11 is 3.77. The molecule has 2 aromatic rings. The van der Waals surface area contributed by atoms with Gasteiger partial charge in [0.2, 0.25) is 0 Å². The third-order valence-corrected chi connectivity index (χ3v) is 5.80. The van der Waals surface area contributed by atoms with E-state index in [0.29, 0.717) is 0 Å². The first-order chi connectivity index (χ1) is 11.2. The average Bonchev–Trinajstić information content (AvgIpc) is 2.54. The van der Waals surface area contributed by atoms with Crippen molar-refractivity contribution in [2.24, 2.45) is 4.99 Å². The highest BCUT2D eigenvalue weighted by Crippen LogP contribution is 2.33. The summed E-state index contributed by atoms with van der Waals surface area (Å²) in [6, 6.07) is 16.9. The largest absolute Gasteiger partial charge is 0.358 e. The maximum Gasteiger partial charge on any atom is 0.0768 e. The number of nitrogens with one attached hydrogen (secondary N) is 1. The third kappa shape index (κ3) is 4.43. The molecule has 23 heavy (non-hydrogen) atoms. The Kier molecular flexibility index (Phi) is 5.47. The zero-order valence-electron chi connectivity index (χ0n) is 13.4. The van der Waals surface area contributed by atoms with Gasteiger partial charge < -0.3 is 5.32 Å². The van der Waals surface area contributed by atoms with E-state index >= 15 is 0 Å². The minimum Gasteiger partial charge on any atom is -0.358 e. The molecule has 0 atom stereocenters. The molecule has 0 radical (unpaired) electrons. The first kappa shape index (κ1) is 16.2. The number of aliphatic imine (C=N–C) groups is 1. The first-order valence-corrected chi connectivity index (χ1v) is 9.64. The van der Waals surface area contributed by atoms with Gasteiger partial charge in [0.1, 0.15) is 0 Å². The summed E-state index contributed by atoms with van der Waals surface area (Å²) < 4.78 is 0. The Morgan fingerprint density at radius 3 is 2.35 bits per heavy atom. The summed E-state index contributed by atoms with van der Waals surface area (Å²) in [7, 11) is 0. The molecule has 0 fully saturated rings. The maximum atomic E-state index is 4.78. The van der Waals surface area contributed by atoms with Crippen LogP contribution in [0.25, 0.3) is 0 Å². The third-order valence-electron chi connectivity index (χ3n) is 3.40. The molecule has 1 aliphatic heterocycles. The van der Waals surface area contributed by atoms with Crippen LogP contribution in [0.5, 0.6) is 0 Å². The molecule has 0 spiro atoms. The fourth-order valence-electron chi connectivity index (χ4n) is 2.45. The van der Waals surface area contributed by atoms with Crippen LogP contribution in [0.4, 0.5) is 11.4 Å². The Morgan fingerprint density at radius 2 is 1.52 bits per heavy atom. The van der Waals surface area contributed by atoms with Crippen molar-refractivity contribution >= 4 is 40.6 Å². The Labute approximate surface area is 146 Å². The number of rotatable bonds is 0. The minimum absolute atomic E-state index is 1.01. The van der Waals surface area contributed by atoms with E-state index in [1.54, 1.807) is 0 Å². The summed E-state index contributed by atoms with van der Waals surface area (Å²) in [5.41, 5.74) is 4.33. The molecule has 3 rings (SSSR count). The van der Waals surface area contributed by atoms with Gasteiger partial charge in [-0.3, -0.25) is 4.99 Å². The normalized spacial score (nSPS) is 17.8. The van der Waals surface area contributed by atoms with Crippen molar-refractivity contribution in [2.45, 2.75) is 23.6 Å². The number of benzene rings is 2. The molecule has 0 aromatic heterocycles. The fraction of sp³-hybridized carbons (Fsp3) is 0.211. The van der Waals surface area contributed by atoms with Gasteiger partial charge in [0, 0.05) is 32.7 Å². The maximum absolute atomic E-state index is 4.78. The topological polar surface area (TPSA) is 24.4 Å². The van der Waals surface area contributed by atoms with Crippen LogP contribution in [0.1, 0.15) is 13.8 Å². The zero-order chi connectivity index (χ0) is 16.1. The predicted molar refractivity (Wildman–Crippen MR) is 104 cm³/mol. The Morgan fingerprint density at radius 1 is 0.870 bits per heavy atom. The smallest absolute Gasteiger partial charge is 0.0768 e. The molecule has 0 unspecified atom stereocenters. The predicted octanol–water partition coefficient (Wildman–Crippen LogP) is 5.99.